The molecule has 134 valence electrons. The van der Waals surface area contributed by atoms with Crippen LogP contribution < -0.4 is 4.90 Å². The highest BCUT2D eigenvalue weighted by atomic mass is 32.2. The highest BCUT2D eigenvalue weighted by Gasteiger charge is 2.28. The van der Waals surface area contributed by atoms with Gasteiger partial charge in [-0.3, -0.25) is 4.98 Å². The molecule has 0 spiro atoms. The number of hydrogen-bond donors (Lipinski definition) is 0. The lowest BCUT2D eigenvalue weighted by Gasteiger charge is -2.23. The van der Waals surface area contributed by atoms with E-state index >= 15 is 0 Å². The molecule has 5 heteroatoms. The Morgan fingerprint density at radius 1 is 1.04 bits per heavy atom. The zero-order valence-corrected chi connectivity index (χ0v) is 15.7. The summed E-state index contributed by atoms with van der Waals surface area (Å²) in [5.74, 6) is 0. The van der Waals surface area contributed by atoms with Crippen molar-refractivity contribution in [1.82, 2.24) is 4.98 Å². The molecule has 2 heterocycles. The van der Waals surface area contributed by atoms with Crippen molar-refractivity contribution < 1.29 is 8.42 Å². The van der Waals surface area contributed by atoms with Crippen LogP contribution in [0.15, 0.2) is 64.5 Å². The summed E-state index contributed by atoms with van der Waals surface area (Å²) in [4.78, 5) is 7.31. The minimum Gasteiger partial charge on any atom is -0.370 e. The summed E-state index contributed by atoms with van der Waals surface area (Å²) in [6, 6.07) is 14.8. The fourth-order valence-electron chi connectivity index (χ4n) is 3.62. The van der Waals surface area contributed by atoms with Crippen molar-refractivity contribution in [3.05, 3.63) is 60.3 Å². The predicted octanol–water partition coefficient (Wildman–Crippen LogP) is 4.23. The normalized spacial score (nSPS) is 14.9. The molecule has 1 saturated heterocycles. The van der Waals surface area contributed by atoms with Crippen molar-refractivity contribution in [3.63, 3.8) is 0 Å². The van der Waals surface area contributed by atoms with Gasteiger partial charge in [-0.05, 0) is 49.1 Å². The average Bonchev–Trinajstić information content (AvgIpc) is 3.21. The maximum absolute atomic E-state index is 13.3. The number of nitrogens with zero attached hydrogens (tertiary/aromatic N) is 2. The molecule has 4 rings (SSSR count). The van der Waals surface area contributed by atoms with E-state index in [-0.39, 0.29) is 0 Å². The number of sulfone groups is 1. The summed E-state index contributed by atoms with van der Waals surface area (Å²) in [5.41, 5.74) is 2.84. The molecule has 1 aliphatic rings. The van der Waals surface area contributed by atoms with E-state index in [9.17, 15) is 8.42 Å². The van der Waals surface area contributed by atoms with Crippen LogP contribution in [0.2, 0.25) is 0 Å². The van der Waals surface area contributed by atoms with Gasteiger partial charge in [0.2, 0.25) is 9.84 Å². The molecule has 0 bridgehead atoms. The second-order valence-electron chi connectivity index (χ2n) is 6.69. The third-order valence-corrected chi connectivity index (χ3v) is 6.81. The van der Waals surface area contributed by atoms with Gasteiger partial charge in [-0.15, -0.1) is 0 Å². The lowest BCUT2D eigenvalue weighted by atomic mass is 10.1. The van der Waals surface area contributed by atoms with E-state index in [1.165, 1.54) is 11.8 Å². The van der Waals surface area contributed by atoms with E-state index in [0.717, 1.165) is 48.9 Å². The Labute approximate surface area is 154 Å². The first-order valence-corrected chi connectivity index (χ1v) is 10.6. The van der Waals surface area contributed by atoms with Crippen LogP contribution in [0.5, 0.6) is 0 Å². The molecule has 0 aliphatic carbocycles. The summed E-state index contributed by atoms with van der Waals surface area (Å²) < 4.78 is 26.7. The van der Waals surface area contributed by atoms with Crippen molar-refractivity contribution in [2.24, 2.45) is 0 Å². The number of anilines is 1. The van der Waals surface area contributed by atoms with Crippen molar-refractivity contribution in [1.29, 1.82) is 0 Å². The zero-order valence-electron chi connectivity index (χ0n) is 14.9. The number of aromatic nitrogens is 1. The average molecular weight is 366 g/mol. The predicted molar refractivity (Wildman–Crippen MR) is 104 cm³/mol. The van der Waals surface area contributed by atoms with Crippen LogP contribution in [-0.4, -0.2) is 26.5 Å². The number of hydrogen-bond acceptors (Lipinski definition) is 4. The SMILES string of the molecule is CCc1ccc2ncc(S(=O)(=O)c3ccccc3)c(N3CCCC3)c2c1. The summed E-state index contributed by atoms with van der Waals surface area (Å²) in [6.07, 6.45) is 4.61. The molecule has 26 heavy (non-hydrogen) atoms. The number of fused-ring (bicyclic) bond motifs is 1. The zero-order chi connectivity index (χ0) is 18.1. The molecule has 4 nitrogen and oxygen atoms in total. The van der Waals surface area contributed by atoms with Crippen LogP contribution in [-0.2, 0) is 16.3 Å². The summed E-state index contributed by atoms with van der Waals surface area (Å²) in [6.45, 7) is 3.87. The van der Waals surface area contributed by atoms with Gasteiger partial charge in [-0.2, -0.15) is 0 Å². The van der Waals surface area contributed by atoms with Crippen molar-refractivity contribution in [2.75, 3.05) is 18.0 Å². The highest BCUT2D eigenvalue weighted by Crippen LogP contribution is 2.37. The Kier molecular flexibility index (Phi) is 4.41. The fraction of sp³-hybridized carbons (Fsp3) is 0.286. The Bertz CT molecular complexity index is 1040. The summed E-state index contributed by atoms with van der Waals surface area (Å²) in [5, 5.41) is 0.934. The number of rotatable bonds is 4. The molecule has 1 aliphatic heterocycles. The standard InChI is InChI=1S/C21H22N2O2S/c1-2-16-10-11-19-18(14-16)21(23-12-6-7-13-23)20(15-22-19)26(24,25)17-8-4-3-5-9-17/h3-5,8-11,14-15H,2,6-7,12-13H2,1H3. The van der Waals surface area contributed by atoms with Gasteiger partial charge >= 0.3 is 0 Å². The van der Waals surface area contributed by atoms with E-state index in [1.807, 2.05) is 12.1 Å². The van der Waals surface area contributed by atoms with E-state index in [1.54, 1.807) is 24.3 Å². The third-order valence-electron chi connectivity index (χ3n) is 5.04. The Hall–Kier alpha value is -2.40. The van der Waals surface area contributed by atoms with Gasteiger partial charge in [-0.25, -0.2) is 8.42 Å². The number of aryl methyl sites for hydroxylation is 1. The number of pyridine rings is 1. The Morgan fingerprint density at radius 3 is 2.46 bits per heavy atom. The van der Waals surface area contributed by atoms with Gasteiger partial charge in [0.1, 0.15) is 4.90 Å². The third kappa shape index (κ3) is 2.86. The van der Waals surface area contributed by atoms with Gasteiger partial charge in [0, 0.05) is 24.7 Å². The van der Waals surface area contributed by atoms with Crippen LogP contribution >= 0.6 is 0 Å². The second-order valence-corrected chi connectivity index (χ2v) is 8.60. The van der Waals surface area contributed by atoms with E-state index in [0.29, 0.717) is 9.79 Å². The molecule has 1 aromatic heterocycles. The lowest BCUT2D eigenvalue weighted by molar-refractivity contribution is 0.595. The Morgan fingerprint density at radius 2 is 1.77 bits per heavy atom. The highest BCUT2D eigenvalue weighted by molar-refractivity contribution is 7.91. The van der Waals surface area contributed by atoms with Crippen LogP contribution in [0.3, 0.4) is 0 Å². The Balaban J connectivity index is 2.01. The van der Waals surface area contributed by atoms with E-state index < -0.39 is 9.84 Å². The largest absolute Gasteiger partial charge is 0.370 e. The smallest absolute Gasteiger partial charge is 0.210 e. The van der Waals surface area contributed by atoms with Crippen molar-refractivity contribution in [2.45, 2.75) is 36.0 Å². The van der Waals surface area contributed by atoms with Gasteiger partial charge in [-0.1, -0.05) is 31.2 Å². The van der Waals surface area contributed by atoms with Gasteiger partial charge in [0.25, 0.3) is 0 Å². The van der Waals surface area contributed by atoms with Gasteiger partial charge < -0.3 is 4.90 Å². The van der Waals surface area contributed by atoms with Crippen LogP contribution in [0.1, 0.15) is 25.3 Å². The minimum absolute atomic E-state index is 0.311. The first-order valence-electron chi connectivity index (χ1n) is 9.08. The first kappa shape index (κ1) is 17.0. The molecule has 0 saturated carbocycles. The molecule has 0 N–H and O–H groups in total. The quantitative estimate of drug-likeness (QED) is 0.693. The van der Waals surface area contributed by atoms with Crippen LogP contribution in [0, 0.1) is 0 Å². The molecule has 1 fully saturated rings. The van der Waals surface area contributed by atoms with Gasteiger partial charge in [0.15, 0.2) is 0 Å². The van der Waals surface area contributed by atoms with Crippen molar-refractivity contribution in [3.8, 4) is 0 Å². The monoisotopic (exact) mass is 366 g/mol. The first-order chi connectivity index (χ1) is 12.6. The molecule has 0 unspecified atom stereocenters. The maximum atomic E-state index is 13.3. The number of benzene rings is 2. The lowest BCUT2D eigenvalue weighted by Crippen LogP contribution is -2.21. The molecule has 0 atom stereocenters. The molecule has 2 aromatic carbocycles. The van der Waals surface area contributed by atoms with E-state index in [2.05, 4.69) is 28.9 Å². The molecular weight excluding hydrogens is 344 g/mol. The molecule has 0 radical (unpaired) electrons. The second kappa shape index (κ2) is 6.72. The molecular formula is C21H22N2O2S. The summed E-state index contributed by atoms with van der Waals surface area (Å²) >= 11 is 0. The minimum atomic E-state index is -3.62. The molecule has 0 amide bonds. The topological polar surface area (TPSA) is 50.3 Å². The maximum Gasteiger partial charge on any atom is 0.210 e. The van der Waals surface area contributed by atoms with Crippen LogP contribution in [0.4, 0.5) is 5.69 Å². The fourth-order valence-corrected chi connectivity index (χ4v) is 5.07. The van der Waals surface area contributed by atoms with Crippen molar-refractivity contribution >= 4 is 26.4 Å². The summed E-state index contributed by atoms with van der Waals surface area (Å²) in [7, 11) is -3.62. The van der Waals surface area contributed by atoms with E-state index in [4.69, 9.17) is 0 Å². The van der Waals surface area contributed by atoms with Crippen LogP contribution in [0.25, 0.3) is 10.9 Å². The molecule has 3 aromatic rings. The van der Waals surface area contributed by atoms with Gasteiger partial charge in [0.05, 0.1) is 16.1 Å².